The van der Waals surface area contributed by atoms with Gasteiger partial charge >= 0.3 is 0 Å². The summed E-state index contributed by atoms with van der Waals surface area (Å²) in [6, 6.07) is 69.5. The van der Waals surface area contributed by atoms with Crippen LogP contribution in [0.4, 0.5) is 0 Å². The third-order valence-corrected chi connectivity index (χ3v) is 14.3. The lowest BCUT2D eigenvalue weighted by Crippen LogP contribution is -2.17. The molecule has 0 aliphatic carbocycles. The molecule has 13 rings (SSSR count). The van der Waals surface area contributed by atoms with Crippen LogP contribution >= 0.6 is 0 Å². The average Bonchev–Trinajstić information content (AvgIpc) is 3.94. The molecular weight excluding hydrogens is 755 g/mol. The molecule has 0 unspecified atom stereocenters. The monoisotopic (exact) mass is 787 g/mol. The third kappa shape index (κ3) is 4.54. The van der Waals surface area contributed by atoms with Gasteiger partial charge in [0.15, 0.2) is 0 Å². The molecule has 0 bridgehead atoms. The zero-order valence-electron chi connectivity index (χ0n) is 32.1. The van der Waals surface area contributed by atoms with Crippen molar-refractivity contribution < 1.29 is 8.42 Å². The summed E-state index contributed by atoms with van der Waals surface area (Å²) in [4.78, 5) is 0.319. The minimum absolute atomic E-state index is 0.319. The Morgan fingerprint density at radius 1 is 0.317 bits per heavy atom. The molecule has 0 fully saturated rings. The first-order chi connectivity index (χ1) is 29.5. The van der Waals surface area contributed by atoms with E-state index >= 15 is 0 Å². The lowest BCUT2D eigenvalue weighted by atomic mass is 9.94. The van der Waals surface area contributed by atoms with Crippen LogP contribution in [-0.2, 0) is 10.0 Å². The number of rotatable bonds is 4. The summed E-state index contributed by atoms with van der Waals surface area (Å²) >= 11 is 0. The summed E-state index contributed by atoms with van der Waals surface area (Å²) in [7, 11) is -3.89. The largest absolute Gasteiger partial charge is 0.309 e. The number of para-hydroxylation sites is 4. The van der Waals surface area contributed by atoms with E-state index in [0.29, 0.717) is 15.9 Å². The van der Waals surface area contributed by atoms with Crippen molar-refractivity contribution in [1.82, 2.24) is 13.1 Å². The van der Waals surface area contributed by atoms with E-state index in [1.807, 2.05) is 36.4 Å². The van der Waals surface area contributed by atoms with Crippen LogP contribution < -0.4 is 0 Å². The van der Waals surface area contributed by atoms with Gasteiger partial charge in [0.25, 0.3) is 10.0 Å². The summed E-state index contributed by atoms with van der Waals surface area (Å²) in [5.74, 6) is 0. The molecule has 3 aromatic heterocycles. The molecule has 0 saturated carbocycles. The Morgan fingerprint density at radius 3 is 1.33 bits per heavy atom. The zero-order valence-corrected chi connectivity index (χ0v) is 32.9. The lowest BCUT2D eigenvalue weighted by Gasteiger charge is -2.21. The Kier molecular flexibility index (Phi) is 6.76. The van der Waals surface area contributed by atoms with Crippen LogP contribution in [-0.4, -0.2) is 21.5 Å². The van der Waals surface area contributed by atoms with Gasteiger partial charge in [0.2, 0.25) is 0 Å². The van der Waals surface area contributed by atoms with E-state index in [9.17, 15) is 8.42 Å². The van der Waals surface area contributed by atoms with Crippen molar-refractivity contribution in [3.63, 3.8) is 0 Å². The van der Waals surface area contributed by atoms with Crippen LogP contribution in [0, 0.1) is 0 Å². The van der Waals surface area contributed by atoms with Crippen LogP contribution in [0.2, 0.25) is 0 Å². The minimum Gasteiger partial charge on any atom is -0.309 e. The van der Waals surface area contributed by atoms with Crippen molar-refractivity contribution in [3.05, 3.63) is 200 Å². The lowest BCUT2D eigenvalue weighted by molar-refractivity contribution is 0.590. The molecule has 0 amide bonds. The highest BCUT2D eigenvalue weighted by Crippen LogP contribution is 2.48. The topological polar surface area (TPSA) is 48.9 Å². The fourth-order valence-electron chi connectivity index (χ4n) is 9.94. The zero-order chi connectivity index (χ0) is 39.7. The quantitative estimate of drug-likeness (QED) is 0.178. The number of aromatic nitrogens is 3. The van der Waals surface area contributed by atoms with Crippen LogP contribution in [0.1, 0.15) is 0 Å². The molecule has 1 aliphatic heterocycles. The summed E-state index contributed by atoms with van der Waals surface area (Å²) in [5.41, 5.74) is 14.0. The molecular formula is C54H33N3O2S. The molecule has 0 radical (unpaired) electrons. The molecule has 9 aromatic carbocycles. The van der Waals surface area contributed by atoms with Crippen molar-refractivity contribution in [2.24, 2.45) is 0 Å². The van der Waals surface area contributed by atoms with Gasteiger partial charge < -0.3 is 9.13 Å². The summed E-state index contributed by atoms with van der Waals surface area (Å²) in [6.45, 7) is 0. The number of benzene rings is 9. The van der Waals surface area contributed by atoms with Crippen molar-refractivity contribution >= 4 is 75.4 Å². The maximum atomic E-state index is 14.6. The maximum Gasteiger partial charge on any atom is 0.269 e. The first-order valence-corrected chi connectivity index (χ1v) is 21.6. The predicted molar refractivity (Wildman–Crippen MR) is 247 cm³/mol. The van der Waals surface area contributed by atoms with Crippen LogP contribution in [0.5, 0.6) is 0 Å². The summed E-state index contributed by atoms with van der Waals surface area (Å²) in [5, 5.41) is 6.50. The molecule has 60 heavy (non-hydrogen) atoms. The molecule has 0 saturated heterocycles. The fraction of sp³-hybridized carbons (Fsp3) is 0. The van der Waals surface area contributed by atoms with E-state index in [-0.39, 0.29) is 0 Å². The highest BCUT2D eigenvalue weighted by molar-refractivity contribution is 7.90. The van der Waals surface area contributed by atoms with E-state index in [1.54, 1.807) is 10.0 Å². The Morgan fingerprint density at radius 2 is 0.750 bits per heavy atom. The second kappa shape index (κ2) is 12.2. The Bertz CT molecular complexity index is 3890. The van der Waals surface area contributed by atoms with E-state index in [4.69, 9.17) is 0 Å². The van der Waals surface area contributed by atoms with Gasteiger partial charge in [-0.3, -0.25) is 0 Å². The molecule has 0 spiro atoms. The molecule has 1 aliphatic rings. The van der Waals surface area contributed by atoms with Gasteiger partial charge in [-0.25, -0.2) is 12.4 Å². The molecule has 282 valence electrons. The number of hydrogen-bond acceptors (Lipinski definition) is 2. The standard InChI is InChI=1S/C54H33N3O2S/c58-60(59)53-22-12-9-19-42(53)46-32-37(36-24-27-51-44(31-36)41-18-8-11-21-49(41)56(51)39-15-5-2-6-16-39)33-47-45-30-35(25-28-52(45)57(60)54(46)47)34-23-26-50-43(29-34)40-17-7-10-20-48(40)55(50)38-13-3-1-4-14-38/h1-33H. The van der Waals surface area contributed by atoms with Gasteiger partial charge in [-0.2, -0.15) is 0 Å². The molecule has 6 heteroatoms. The van der Waals surface area contributed by atoms with Crippen LogP contribution in [0.3, 0.4) is 0 Å². The van der Waals surface area contributed by atoms with E-state index in [1.165, 1.54) is 16.2 Å². The average molecular weight is 788 g/mol. The Hall–Kier alpha value is -7.67. The highest BCUT2D eigenvalue weighted by atomic mass is 32.2. The number of nitrogens with zero attached hydrogens (tertiary/aromatic N) is 3. The molecule has 12 aromatic rings. The molecule has 0 atom stereocenters. The molecule has 5 nitrogen and oxygen atoms in total. The van der Waals surface area contributed by atoms with Gasteiger partial charge in [-0.05, 0) is 113 Å². The number of hydrogen-bond donors (Lipinski definition) is 0. The van der Waals surface area contributed by atoms with Gasteiger partial charge in [0.1, 0.15) is 0 Å². The second-order valence-electron chi connectivity index (χ2n) is 15.8. The van der Waals surface area contributed by atoms with Gasteiger partial charge in [-0.1, -0.05) is 109 Å². The summed E-state index contributed by atoms with van der Waals surface area (Å²) < 4.78 is 35.4. The second-order valence-corrected chi connectivity index (χ2v) is 17.5. The SMILES string of the molecule is O=S1(=O)c2ccccc2-c2cc(-c3ccc4c(c3)c3ccccc3n4-c3ccccc3)cc3c4cc(-c5ccc6c(c5)c5ccccc5n6-c5ccccc5)ccc4n1c23. The smallest absolute Gasteiger partial charge is 0.269 e. The normalized spacial score (nSPS) is 13.3. The van der Waals surface area contributed by atoms with Crippen molar-refractivity contribution in [2.75, 3.05) is 0 Å². The van der Waals surface area contributed by atoms with Crippen molar-refractivity contribution in [2.45, 2.75) is 4.90 Å². The van der Waals surface area contributed by atoms with E-state index in [2.05, 4.69) is 167 Å². The molecule has 4 heterocycles. The first-order valence-electron chi connectivity index (χ1n) is 20.2. The minimum atomic E-state index is -3.89. The Labute approximate surface area is 345 Å². The van der Waals surface area contributed by atoms with Crippen LogP contribution in [0.25, 0.3) is 110 Å². The van der Waals surface area contributed by atoms with Crippen molar-refractivity contribution in [3.8, 4) is 44.8 Å². The van der Waals surface area contributed by atoms with Crippen molar-refractivity contribution in [1.29, 1.82) is 0 Å². The fourth-order valence-corrected chi connectivity index (χ4v) is 11.7. The Balaban J connectivity index is 1.06. The first kappa shape index (κ1) is 33.3. The maximum absolute atomic E-state index is 14.6. The van der Waals surface area contributed by atoms with Crippen LogP contribution in [0.15, 0.2) is 205 Å². The van der Waals surface area contributed by atoms with Gasteiger partial charge in [0.05, 0.1) is 38.0 Å². The predicted octanol–water partition coefficient (Wildman–Crippen LogP) is 13.5. The molecule has 0 N–H and O–H groups in total. The van der Waals surface area contributed by atoms with E-state index in [0.717, 1.165) is 83.0 Å². The highest BCUT2D eigenvalue weighted by Gasteiger charge is 2.33. The van der Waals surface area contributed by atoms with Gasteiger partial charge in [0, 0.05) is 54.8 Å². The third-order valence-electron chi connectivity index (χ3n) is 12.6. The van der Waals surface area contributed by atoms with Gasteiger partial charge in [-0.15, -0.1) is 0 Å². The van der Waals surface area contributed by atoms with E-state index < -0.39 is 10.0 Å². The summed E-state index contributed by atoms with van der Waals surface area (Å²) in [6.07, 6.45) is 0. The number of fused-ring (bicyclic) bond motifs is 11.